The molecule has 10 heteroatoms. The second kappa shape index (κ2) is 6.85. The van der Waals surface area contributed by atoms with Crippen LogP contribution in [0.1, 0.15) is 27.0 Å². The van der Waals surface area contributed by atoms with Crippen LogP contribution in [-0.2, 0) is 17.1 Å². The zero-order chi connectivity index (χ0) is 19.7. The maximum absolute atomic E-state index is 12.8. The molecule has 1 N–H and O–H groups in total. The molecule has 0 saturated heterocycles. The lowest BCUT2D eigenvalue weighted by atomic mass is 10.1. The van der Waals surface area contributed by atoms with Crippen molar-refractivity contribution in [3.63, 3.8) is 0 Å². The van der Waals surface area contributed by atoms with E-state index >= 15 is 0 Å². The molecule has 1 aromatic heterocycles. The van der Waals surface area contributed by atoms with Crippen molar-refractivity contribution in [2.75, 3.05) is 12.4 Å². The summed E-state index contributed by atoms with van der Waals surface area (Å²) in [5.41, 5.74) is -2.23. The van der Waals surface area contributed by atoms with Crippen molar-refractivity contribution < 1.29 is 35.9 Å². The highest BCUT2D eigenvalue weighted by Gasteiger charge is 2.33. The molecule has 0 saturated carbocycles. The summed E-state index contributed by atoms with van der Waals surface area (Å²) in [5.74, 6) is -1.34. The number of carbonyl (C=O) groups is 1. The number of halogens is 6. The number of pyridine rings is 1. The maximum atomic E-state index is 12.8. The van der Waals surface area contributed by atoms with E-state index in [4.69, 9.17) is 0 Å². The van der Waals surface area contributed by atoms with E-state index in [0.29, 0.717) is 12.3 Å². The van der Waals surface area contributed by atoms with Crippen molar-refractivity contribution in [1.29, 1.82) is 0 Å². The monoisotopic (exact) mass is 378 g/mol. The summed E-state index contributed by atoms with van der Waals surface area (Å²) in [5, 5.41) is 2.57. The molecule has 0 amide bonds. The van der Waals surface area contributed by atoms with E-state index in [-0.39, 0.29) is 17.1 Å². The molecule has 2 rings (SSSR count). The quantitative estimate of drug-likeness (QED) is 0.606. The zero-order valence-corrected chi connectivity index (χ0v) is 13.4. The van der Waals surface area contributed by atoms with Crippen molar-refractivity contribution in [3.05, 3.63) is 52.7 Å². The van der Waals surface area contributed by atoms with Crippen LogP contribution in [0.2, 0.25) is 0 Å². The van der Waals surface area contributed by atoms with Gasteiger partial charge in [-0.05, 0) is 36.8 Å². The molecule has 0 aliphatic rings. The maximum Gasteiger partial charge on any atom is 0.417 e. The van der Waals surface area contributed by atoms with E-state index in [0.717, 1.165) is 25.3 Å². The van der Waals surface area contributed by atoms with Gasteiger partial charge >= 0.3 is 18.3 Å². The first-order chi connectivity index (χ1) is 11.9. The highest BCUT2D eigenvalue weighted by molar-refractivity contribution is 5.95. The SMILES string of the molecule is COC(=O)c1cc(C(F)(F)F)cnc1Nc1ccc(C(F)(F)F)cc1C. The number of nitrogens with one attached hydrogen (secondary N) is 1. The number of methoxy groups -OCH3 is 1. The summed E-state index contributed by atoms with van der Waals surface area (Å²) >= 11 is 0. The van der Waals surface area contributed by atoms with Crippen LogP contribution in [0.15, 0.2) is 30.5 Å². The number of esters is 1. The third-order valence-corrected chi connectivity index (χ3v) is 3.43. The number of alkyl halides is 6. The highest BCUT2D eigenvalue weighted by Crippen LogP contribution is 2.34. The number of carbonyl (C=O) groups excluding carboxylic acids is 1. The number of rotatable bonds is 3. The third kappa shape index (κ3) is 4.24. The van der Waals surface area contributed by atoms with Crippen LogP contribution in [-0.4, -0.2) is 18.1 Å². The molecular weight excluding hydrogens is 366 g/mol. The largest absolute Gasteiger partial charge is 0.465 e. The van der Waals surface area contributed by atoms with Gasteiger partial charge in [-0.25, -0.2) is 9.78 Å². The number of aryl methyl sites for hydroxylation is 1. The van der Waals surface area contributed by atoms with Crippen molar-refractivity contribution in [3.8, 4) is 0 Å². The first-order valence-corrected chi connectivity index (χ1v) is 7.04. The van der Waals surface area contributed by atoms with Crippen LogP contribution in [0.3, 0.4) is 0 Å². The minimum Gasteiger partial charge on any atom is -0.465 e. The van der Waals surface area contributed by atoms with E-state index in [1.807, 2.05) is 0 Å². The second-order valence-electron chi connectivity index (χ2n) is 5.26. The van der Waals surface area contributed by atoms with Crippen LogP contribution >= 0.6 is 0 Å². The Bertz CT molecular complexity index is 830. The molecule has 1 heterocycles. The van der Waals surface area contributed by atoms with Crippen LogP contribution < -0.4 is 5.32 Å². The molecule has 0 radical (unpaired) electrons. The van der Waals surface area contributed by atoms with Crippen molar-refractivity contribution in [1.82, 2.24) is 4.98 Å². The lowest BCUT2D eigenvalue weighted by Gasteiger charge is -2.15. The van der Waals surface area contributed by atoms with Gasteiger partial charge in [0.1, 0.15) is 11.4 Å². The Morgan fingerprint density at radius 2 is 1.65 bits per heavy atom. The number of nitrogens with zero attached hydrogens (tertiary/aromatic N) is 1. The smallest absolute Gasteiger partial charge is 0.417 e. The molecule has 26 heavy (non-hydrogen) atoms. The standard InChI is InChI=1S/C16H12F6N2O2/c1-8-5-9(15(17,18)19)3-4-12(8)24-13-11(14(25)26-2)6-10(7-23-13)16(20,21)22/h3-7H,1-2H3,(H,23,24). The molecule has 0 bridgehead atoms. The normalized spacial score (nSPS) is 12.0. The van der Waals surface area contributed by atoms with Crippen molar-refractivity contribution >= 4 is 17.5 Å². The molecule has 2 aromatic rings. The van der Waals surface area contributed by atoms with Crippen molar-refractivity contribution in [2.45, 2.75) is 19.3 Å². The van der Waals surface area contributed by atoms with Gasteiger partial charge in [0.2, 0.25) is 0 Å². The Morgan fingerprint density at radius 3 is 2.15 bits per heavy atom. The fourth-order valence-electron chi connectivity index (χ4n) is 2.09. The molecule has 1 aromatic carbocycles. The first kappa shape index (κ1) is 19.5. The van der Waals surface area contributed by atoms with Crippen molar-refractivity contribution in [2.24, 2.45) is 0 Å². The molecular formula is C16H12F6N2O2. The van der Waals surface area contributed by atoms with E-state index < -0.39 is 35.0 Å². The van der Waals surface area contributed by atoms with Gasteiger partial charge in [-0.1, -0.05) is 0 Å². The molecule has 0 aliphatic heterocycles. The van der Waals surface area contributed by atoms with Gasteiger partial charge in [0.05, 0.1) is 18.2 Å². The third-order valence-electron chi connectivity index (χ3n) is 3.43. The fraction of sp³-hybridized carbons (Fsp3) is 0.250. The summed E-state index contributed by atoms with van der Waals surface area (Å²) in [6.45, 7) is 1.37. The fourth-order valence-corrected chi connectivity index (χ4v) is 2.09. The summed E-state index contributed by atoms with van der Waals surface area (Å²) in [6, 6.07) is 3.32. The Labute approximate surface area is 143 Å². The number of hydrogen-bond donors (Lipinski definition) is 1. The zero-order valence-electron chi connectivity index (χ0n) is 13.4. The summed E-state index contributed by atoms with van der Waals surface area (Å²) in [7, 11) is 0.982. The number of hydrogen-bond acceptors (Lipinski definition) is 4. The average Bonchev–Trinajstić information content (AvgIpc) is 2.54. The highest BCUT2D eigenvalue weighted by atomic mass is 19.4. The first-order valence-electron chi connectivity index (χ1n) is 7.04. The van der Waals surface area contributed by atoms with E-state index in [1.54, 1.807) is 0 Å². The number of ether oxygens (including phenoxy) is 1. The lowest BCUT2D eigenvalue weighted by molar-refractivity contribution is -0.138. The summed E-state index contributed by atoms with van der Waals surface area (Å²) in [6.07, 6.45) is -8.75. The van der Waals surface area contributed by atoms with Gasteiger partial charge in [0.25, 0.3) is 0 Å². The number of benzene rings is 1. The van der Waals surface area contributed by atoms with Crippen LogP contribution in [0.4, 0.5) is 37.8 Å². The molecule has 0 atom stereocenters. The van der Waals surface area contributed by atoms with Crippen LogP contribution in [0.25, 0.3) is 0 Å². The molecule has 140 valence electrons. The van der Waals surface area contributed by atoms with Crippen LogP contribution in [0, 0.1) is 6.92 Å². The molecule has 0 fully saturated rings. The topological polar surface area (TPSA) is 51.2 Å². The Kier molecular flexibility index (Phi) is 5.15. The van der Waals surface area contributed by atoms with Gasteiger partial charge in [-0.15, -0.1) is 0 Å². The summed E-state index contributed by atoms with van der Waals surface area (Å²) in [4.78, 5) is 15.3. The lowest BCUT2D eigenvalue weighted by Crippen LogP contribution is -2.13. The molecule has 4 nitrogen and oxygen atoms in total. The minimum atomic E-state index is -4.72. The van der Waals surface area contributed by atoms with Gasteiger partial charge < -0.3 is 10.1 Å². The van der Waals surface area contributed by atoms with E-state index in [2.05, 4.69) is 15.0 Å². The molecule has 0 spiro atoms. The van der Waals surface area contributed by atoms with E-state index in [1.165, 1.54) is 6.92 Å². The molecule has 0 aliphatic carbocycles. The van der Waals surface area contributed by atoms with Gasteiger partial charge in [-0.2, -0.15) is 26.3 Å². The predicted octanol–water partition coefficient (Wildman–Crippen LogP) is 4.96. The average molecular weight is 378 g/mol. The number of aromatic nitrogens is 1. The summed E-state index contributed by atoms with van der Waals surface area (Å²) < 4.78 is 80.9. The minimum absolute atomic E-state index is 0.149. The van der Waals surface area contributed by atoms with Gasteiger partial charge in [-0.3, -0.25) is 0 Å². The van der Waals surface area contributed by atoms with E-state index in [9.17, 15) is 31.1 Å². The Morgan fingerprint density at radius 1 is 1.04 bits per heavy atom. The molecule has 0 unspecified atom stereocenters. The van der Waals surface area contributed by atoms with Gasteiger partial charge in [0, 0.05) is 11.9 Å². The Balaban J connectivity index is 2.45. The number of anilines is 2. The predicted molar refractivity (Wildman–Crippen MR) is 80.0 cm³/mol. The second-order valence-corrected chi connectivity index (χ2v) is 5.26. The van der Waals surface area contributed by atoms with Gasteiger partial charge in [0.15, 0.2) is 0 Å². The Hall–Kier alpha value is -2.78. The van der Waals surface area contributed by atoms with Crippen LogP contribution in [0.5, 0.6) is 0 Å².